The van der Waals surface area contributed by atoms with Crippen LogP contribution in [0.4, 0.5) is 0 Å². The van der Waals surface area contributed by atoms with Gasteiger partial charge in [-0.2, -0.15) is 0 Å². The largest absolute Gasteiger partial charge is 0.305 e. The SMILES string of the molecule is CCCCc1ccc(CN(C)C)cc1CN(C)C. The summed E-state index contributed by atoms with van der Waals surface area (Å²) >= 11 is 0. The Morgan fingerprint density at radius 3 is 2.11 bits per heavy atom. The molecule has 0 aliphatic rings. The van der Waals surface area contributed by atoms with Crippen molar-refractivity contribution >= 4 is 0 Å². The molecule has 0 N–H and O–H groups in total. The Balaban J connectivity index is 2.88. The molecule has 1 aromatic rings. The molecular weight excluding hydrogens is 220 g/mol. The first-order valence-electron chi connectivity index (χ1n) is 6.93. The molecule has 0 atom stereocenters. The fourth-order valence-corrected chi connectivity index (χ4v) is 2.24. The van der Waals surface area contributed by atoms with E-state index in [1.807, 2.05) is 0 Å². The zero-order chi connectivity index (χ0) is 13.5. The van der Waals surface area contributed by atoms with Crippen molar-refractivity contribution in [3.63, 3.8) is 0 Å². The molecule has 18 heavy (non-hydrogen) atoms. The van der Waals surface area contributed by atoms with Crippen molar-refractivity contribution < 1.29 is 0 Å². The molecule has 0 bridgehead atoms. The summed E-state index contributed by atoms with van der Waals surface area (Å²) in [4.78, 5) is 4.48. The highest BCUT2D eigenvalue weighted by molar-refractivity contribution is 5.32. The molecule has 0 saturated heterocycles. The predicted octanol–water partition coefficient (Wildman–Crippen LogP) is 3.15. The van der Waals surface area contributed by atoms with E-state index in [0.29, 0.717) is 0 Å². The fraction of sp³-hybridized carbons (Fsp3) is 0.625. The standard InChI is InChI=1S/C16H28N2/c1-6-7-8-15-10-9-14(12-17(2)3)11-16(15)13-18(4)5/h9-11H,6-8,12-13H2,1-5H3. The number of hydrogen-bond acceptors (Lipinski definition) is 2. The van der Waals surface area contributed by atoms with Gasteiger partial charge >= 0.3 is 0 Å². The Morgan fingerprint density at radius 1 is 0.889 bits per heavy atom. The van der Waals surface area contributed by atoms with Gasteiger partial charge in [-0.05, 0) is 57.7 Å². The molecule has 102 valence electrons. The molecule has 0 spiro atoms. The lowest BCUT2D eigenvalue weighted by Gasteiger charge is -2.17. The van der Waals surface area contributed by atoms with Gasteiger partial charge in [-0.3, -0.25) is 0 Å². The maximum Gasteiger partial charge on any atom is 0.0230 e. The topological polar surface area (TPSA) is 6.48 Å². The van der Waals surface area contributed by atoms with Gasteiger partial charge in [-0.25, -0.2) is 0 Å². The molecule has 0 unspecified atom stereocenters. The van der Waals surface area contributed by atoms with Gasteiger partial charge < -0.3 is 9.80 Å². The van der Waals surface area contributed by atoms with E-state index < -0.39 is 0 Å². The second-order valence-electron chi connectivity index (χ2n) is 5.68. The molecule has 0 saturated carbocycles. The Morgan fingerprint density at radius 2 is 1.56 bits per heavy atom. The van der Waals surface area contributed by atoms with Gasteiger partial charge in [0.25, 0.3) is 0 Å². The Bertz CT molecular complexity index is 356. The van der Waals surface area contributed by atoms with Gasteiger partial charge in [-0.1, -0.05) is 31.5 Å². The monoisotopic (exact) mass is 248 g/mol. The summed E-state index contributed by atoms with van der Waals surface area (Å²) in [5.41, 5.74) is 4.43. The molecule has 0 aromatic heterocycles. The summed E-state index contributed by atoms with van der Waals surface area (Å²) in [5, 5.41) is 0. The quantitative estimate of drug-likeness (QED) is 0.731. The minimum Gasteiger partial charge on any atom is -0.305 e. The molecule has 1 aromatic carbocycles. The van der Waals surface area contributed by atoms with Crippen LogP contribution in [0, 0.1) is 0 Å². The summed E-state index contributed by atoms with van der Waals surface area (Å²) in [6, 6.07) is 6.99. The summed E-state index contributed by atoms with van der Waals surface area (Å²) in [6.45, 7) is 4.32. The van der Waals surface area contributed by atoms with Crippen LogP contribution in [0.25, 0.3) is 0 Å². The molecule has 0 aliphatic carbocycles. The third-order valence-corrected chi connectivity index (χ3v) is 3.06. The van der Waals surface area contributed by atoms with Gasteiger partial charge in [0.1, 0.15) is 0 Å². The fourth-order valence-electron chi connectivity index (χ4n) is 2.24. The second-order valence-corrected chi connectivity index (χ2v) is 5.68. The number of nitrogens with zero attached hydrogens (tertiary/aromatic N) is 2. The number of hydrogen-bond donors (Lipinski definition) is 0. The maximum atomic E-state index is 2.38. The lowest BCUT2D eigenvalue weighted by molar-refractivity contribution is 0.394. The van der Waals surface area contributed by atoms with Crippen LogP contribution in [-0.4, -0.2) is 38.0 Å². The van der Waals surface area contributed by atoms with Crippen LogP contribution in [-0.2, 0) is 19.5 Å². The predicted molar refractivity (Wildman–Crippen MR) is 79.8 cm³/mol. The van der Waals surface area contributed by atoms with Crippen molar-refractivity contribution in [2.24, 2.45) is 0 Å². The highest BCUT2D eigenvalue weighted by Gasteiger charge is 2.06. The lowest BCUT2D eigenvalue weighted by atomic mass is 9.99. The van der Waals surface area contributed by atoms with Crippen molar-refractivity contribution in [3.05, 3.63) is 34.9 Å². The van der Waals surface area contributed by atoms with Crippen LogP contribution < -0.4 is 0 Å². The summed E-state index contributed by atoms with van der Waals surface area (Å²) in [6.07, 6.45) is 3.76. The summed E-state index contributed by atoms with van der Waals surface area (Å²) in [5.74, 6) is 0. The van der Waals surface area contributed by atoms with Crippen molar-refractivity contribution in [2.45, 2.75) is 39.3 Å². The van der Waals surface area contributed by atoms with Crippen LogP contribution in [0.2, 0.25) is 0 Å². The van der Waals surface area contributed by atoms with Gasteiger partial charge in [0.2, 0.25) is 0 Å². The van der Waals surface area contributed by atoms with E-state index in [1.54, 1.807) is 0 Å². The molecule has 2 heteroatoms. The van der Waals surface area contributed by atoms with Crippen LogP contribution in [0.1, 0.15) is 36.5 Å². The molecule has 0 radical (unpaired) electrons. The third kappa shape index (κ3) is 5.19. The minimum absolute atomic E-state index is 1.02. The van der Waals surface area contributed by atoms with E-state index in [1.165, 1.54) is 36.0 Å². The van der Waals surface area contributed by atoms with Gasteiger partial charge in [0.05, 0.1) is 0 Å². The molecule has 2 nitrogen and oxygen atoms in total. The normalized spacial score (nSPS) is 11.5. The lowest BCUT2D eigenvalue weighted by Crippen LogP contribution is -2.14. The van der Waals surface area contributed by atoms with E-state index >= 15 is 0 Å². The van der Waals surface area contributed by atoms with Crippen LogP contribution in [0.15, 0.2) is 18.2 Å². The van der Waals surface area contributed by atoms with Crippen LogP contribution >= 0.6 is 0 Å². The molecule has 0 fully saturated rings. The van der Waals surface area contributed by atoms with E-state index in [9.17, 15) is 0 Å². The van der Waals surface area contributed by atoms with Gasteiger partial charge in [0, 0.05) is 13.1 Å². The van der Waals surface area contributed by atoms with Crippen molar-refractivity contribution in [1.29, 1.82) is 0 Å². The zero-order valence-corrected chi connectivity index (χ0v) is 12.7. The highest BCUT2D eigenvalue weighted by atomic mass is 15.1. The average molecular weight is 248 g/mol. The first-order valence-corrected chi connectivity index (χ1v) is 6.93. The van der Waals surface area contributed by atoms with Crippen molar-refractivity contribution in [1.82, 2.24) is 9.80 Å². The zero-order valence-electron chi connectivity index (χ0n) is 12.7. The number of aryl methyl sites for hydroxylation is 1. The minimum atomic E-state index is 1.02. The molecule has 0 heterocycles. The second kappa shape index (κ2) is 7.55. The number of benzene rings is 1. The van der Waals surface area contributed by atoms with Gasteiger partial charge in [-0.15, -0.1) is 0 Å². The summed E-state index contributed by atoms with van der Waals surface area (Å²) in [7, 11) is 8.53. The first kappa shape index (κ1) is 15.2. The van der Waals surface area contributed by atoms with Crippen molar-refractivity contribution in [3.8, 4) is 0 Å². The molecule has 0 amide bonds. The first-order chi connectivity index (χ1) is 8.52. The van der Waals surface area contributed by atoms with Crippen molar-refractivity contribution in [2.75, 3.05) is 28.2 Å². The van der Waals surface area contributed by atoms with Crippen LogP contribution in [0.3, 0.4) is 0 Å². The van der Waals surface area contributed by atoms with E-state index in [0.717, 1.165) is 13.1 Å². The number of unbranched alkanes of at least 4 members (excludes halogenated alkanes) is 1. The Hall–Kier alpha value is -0.860. The highest BCUT2D eigenvalue weighted by Crippen LogP contribution is 2.17. The Labute approximate surface area is 113 Å². The molecular formula is C16H28N2. The van der Waals surface area contributed by atoms with Gasteiger partial charge in [0.15, 0.2) is 0 Å². The Kier molecular flexibility index (Phi) is 6.37. The smallest absolute Gasteiger partial charge is 0.0230 e. The van der Waals surface area contributed by atoms with E-state index in [-0.39, 0.29) is 0 Å². The molecule has 0 aliphatic heterocycles. The maximum absolute atomic E-state index is 2.38. The third-order valence-electron chi connectivity index (χ3n) is 3.06. The van der Waals surface area contributed by atoms with Crippen LogP contribution in [0.5, 0.6) is 0 Å². The average Bonchev–Trinajstić information content (AvgIpc) is 2.26. The molecule has 1 rings (SSSR count). The van der Waals surface area contributed by atoms with E-state index in [2.05, 4.69) is 63.1 Å². The van der Waals surface area contributed by atoms with E-state index in [4.69, 9.17) is 0 Å². The summed E-state index contributed by atoms with van der Waals surface area (Å²) < 4.78 is 0. The number of rotatable bonds is 7.